The Labute approximate surface area is 129 Å². The summed E-state index contributed by atoms with van der Waals surface area (Å²) in [6.07, 6.45) is 2.49. The van der Waals surface area contributed by atoms with Gasteiger partial charge in [0.25, 0.3) is 0 Å². The van der Waals surface area contributed by atoms with Crippen LogP contribution in [-0.2, 0) is 13.1 Å². The Kier molecular flexibility index (Phi) is 4.56. The number of nitrogens with zero attached hydrogens (tertiary/aromatic N) is 1. The molecule has 0 spiro atoms. The van der Waals surface area contributed by atoms with E-state index in [1.54, 1.807) is 17.4 Å². The van der Waals surface area contributed by atoms with E-state index in [9.17, 15) is 4.39 Å². The molecule has 1 heterocycles. The summed E-state index contributed by atoms with van der Waals surface area (Å²) in [6.45, 7) is 4.40. The third-order valence-electron chi connectivity index (χ3n) is 3.85. The van der Waals surface area contributed by atoms with Gasteiger partial charge >= 0.3 is 0 Å². The largest absolute Gasteiger partial charge is 0.364 e. The van der Waals surface area contributed by atoms with Crippen molar-refractivity contribution >= 4 is 17.0 Å². The topological polar surface area (TPSA) is 15.3 Å². The first-order chi connectivity index (χ1) is 10.3. The first-order valence-corrected chi connectivity index (χ1v) is 8.44. The van der Waals surface area contributed by atoms with Gasteiger partial charge in [0.2, 0.25) is 0 Å². The number of hydrogen-bond acceptors (Lipinski definition) is 3. The highest BCUT2D eigenvalue weighted by atomic mass is 32.1. The van der Waals surface area contributed by atoms with E-state index in [1.165, 1.54) is 17.7 Å². The van der Waals surface area contributed by atoms with Crippen LogP contribution >= 0.6 is 11.3 Å². The molecule has 0 aliphatic heterocycles. The van der Waals surface area contributed by atoms with Gasteiger partial charge in [-0.3, -0.25) is 0 Å². The molecule has 0 saturated heterocycles. The Morgan fingerprint density at radius 3 is 2.81 bits per heavy atom. The number of nitrogens with one attached hydrogen (secondary N) is 1. The van der Waals surface area contributed by atoms with Crippen molar-refractivity contribution < 1.29 is 4.39 Å². The van der Waals surface area contributed by atoms with Gasteiger partial charge in [-0.15, -0.1) is 11.3 Å². The van der Waals surface area contributed by atoms with Gasteiger partial charge in [-0.25, -0.2) is 4.39 Å². The number of thiophene rings is 1. The molecule has 2 aromatic rings. The Bertz CT molecular complexity index is 578. The van der Waals surface area contributed by atoms with Crippen LogP contribution in [0, 0.1) is 5.82 Å². The number of hydrogen-bond donors (Lipinski definition) is 1. The highest BCUT2D eigenvalue weighted by Gasteiger charge is 2.22. The van der Waals surface area contributed by atoms with Crippen LogP contribution in [0.15, 0.2) is 35.7 Å². The van der Waals surface area contributed by atoms with Gasteiger partial charge in [-0.2, -0.15) is 0 Å². The minimum atomic E-state index is -0.122. The molecule has 3 rings (SSSR count). The molecular weight excluding hydrogens is 283 g/mol. The van der Waals surface area contributed by atoms with E-state index >= 15 is 0 Å². The van der Waals surface area contributed by atoms with Crippen molar-refractivity contribution in [3.8, 4) is 0 Å². The number of halogens is 1. The second-order valence-electron chi connectivity index (χ2n) is 5.50. The first-order valence-electron chi connectivity index (χ1n) is 7.56. The van der Waals surface area contributed by atoms with Crippen LogP contribution in [0.25, 0.3) is 0 Å². The van der Waals surface area contributed by atoms with Crippen LogP contribution in [0.1, 0.15) is 30.2 Å². The molecule has 112 valence electrons. The molecule has 1 aromatic carbocycles. The summed E-state index contributed by atoms with van der Waals surface area (Å²) >= 11 is 1.72. The average Bonchev–Trinajstić information content (AvgIpc) is 3.18. The van der Waals surface area contributed by atoms with Crippen molar-refractivity contribution in [1.82, 2.24) is 5.32 Å². The maximum atomic E-state index is 14.4. The van der Waals surface area contributed by atoms with E-state index < -0.39 is 0 Å². The van der Waals surface area contributed by atoms with Crippen LogP contribution in [0.2, 0.25) is 0 Å². The molecule has 4 heteroatoms. The van der Waals surface area contributed by atoms with Gasteiger partial charge < -0.3 is 10.2 Å². The van der Waals surface area contributed by atoms with Gasteiger partial charge in [-0.1, -0.05) is 18.2 Å². The third-order valence-corrected chi connectivity index (χ3v) is 4.71. The van der Waals surface area contributed by atoms with E-state index in [0.717, 1.165) is 30.9 Å². The maximum Gasteiger partial charge on any atom is 0.146 e. The maximum absolute atomic E-state index is 14.4. The average molecular weight is 304 g/mol. The van der Waals surface area contributed by atoms with Crippen molar-refractivity contribution in [2.45, 2.75) is 38.9 Å². The number of rotatable bonds is 7. The summed E-state index contributed by atoms with van der Waals surface area (Å²) in [5.74, 6) is -0.122. The minimum absolute atomic E-state index is 0.122. The molecule has 0 bridgehead atoms. The second kappa shape index (κ2) is 6.58. The summed E-state index contributed by atoms with van der Waals surface area (Å²) in [4.78, 5) is 3.40. The highest BCUT2D eigenvalue weighted by molar-refractivity contribution is 7.09. The molecule has 1 saturated carbocycles. The summed E-state index contributed by atoms with van der Waals surface area (Å²) < 4.78 is 14.4. The normalized spacial score (nSPS) is 14.4. The molecule has 1 aliphatic rings. The number of benzene rings is 1. The predicted molar refractivity (Wildman–Crippen MR) is 87.3 cm³/mol. The van der Waals surface area contributed by atoms with Crippen molar-refractivity contribution in [2.75, 3.05) is 11.4 Å². The molecule has 1 aliphatic carbocycles. The van der Waals surface area contributed by atoms with Gasteiger partial charge in [0, 0.05) is 24.0 Å². The fourth-order valence-electron chi connectivity index (χ4n) is 2.54. The van der Waals surface area contributed by atoms with Gasteiger partial charge in [0.05, 0.1) is 12.2 Å². The van der Waals surface area contributed by atoms with E-state index in [0.29, 0.717) is 6.04 Å². The zero-order valence-electron chi connectivity index (χ0n) is 12.3. The summed E-state index contributed by atoms with van der Waals surface area (Å²) in [5, 5.41) is 5.56. The lowest BCUT2D eigenvalue weighted by molar-refractivity contribution is 0.609. The monoisotopic (exact) mass is 304 g/mol. The molecule has 1 aromatic heterocycles. The zero-order chi connectivity index (χ0) is 14.7. The molecular formula is C17H21FN2S. The molecule has 1 fully saturated rings. The van der Waals surface area contributed by atoms with E-state index in [1.807, 2.05) is 18.2 Å². The van der Waals surface area contributed by atoms with Crippen LogP contribution < -0.4 is 10.2 Å². The van der Waals surface area contributed by atoms with Gasteiger partial charge in [0.15, 0.2) is 0 Å². The third kappa shape index (κ3) is 3.63. The number of para-hydroxylation sites is 1. The van der Waals surface area contributed by atoms with Crippen LogP contribution in [0.5, 0.6) is 0 Å². The van der Waals surface area contributed by atoms with E-state index in [4.69, 9.17) is 0 Å². The quantitative estimate of drug-likeness (QED) is 0.826. The highest BCUT2D eigenvalue weighted by Crippen LogP contribution is 2.28. The Morgan fingerprint density at radius 1 is 1.29 bits per heavy atom. The van der Waals surface area contributed by atoms with Crippen molar-refractivity contribution in [3.05, 3.63) is 52.0 Å². The fraction of sp³-hybridized carbons (Fsp3) is 0.412. The minimum Gasteiger partial charge on any atom is -0.364 e. The lowest BCUT2D eigenvalue weighted by atomic mass is 10.1. The zero-order valence-corrected chi connectivity index (χ0v) is 13.1. The van der Waals surface area contributed by atoms with Crippen LogP contribution in [0.3, 0.4) is 0 Å². The molecule has 1 N–H and O–H groups in total. The Hall–Kier alpha value is -1.39. The predicted octanol–water partition coefficient (Wildman–Crippen LogP) is 4.17. The SMILES string of the molecule is CCN(Cc1cccs1)c1c(F)cccc1CNC1CC1. The molecule has 0 amide bonds. The lowest BCUT2D eigenvalue weighted by Crippen LogP contribution is -2.26. The fourth-order valence-corrected chi connectivity index (χ4v) is 3.26. The van der Waals surface area contributed by atoms with Crippen molar-refractivity contribution in [3.63, 3.8) is 0 Å². The van der Waals surface area contributed by atoms with Crippen LogP contribution in [-0.4, -0.2) is 12.6 Å². The summed E-state index contributed by atoms with van der Waals surface area (Å²) in [5.41, 5.74) is 1.81. The molecule has 0 atom stereocenters. The van der Waals surface area contributed by atoms with Crippen molar-refractivity contribution in [1.29, 1.82) is 0 Å². The first kappa shape index (κ1) is 14.5. The lowest BCUT2D eigenvalue weighted by Gasteiger charge is -2.26. The Balaban J connectivity index is 1.82. The number of anilines is 1. The van der Waals surface area contributed by atoms with Gasteiger partial charge in [0.1, 0.15) is 5.82 Å². The van der Waals surface area contributed by atoms with Crippen LogP contribution in [0.4, 0.5) is 10.1 Å². The van der Waals surface area contributed by atoms with Gasteiger partial charge in [-0.05, 0) is 42.8 Å². The van der Waals surface area contributed by atoms with E-state index in [-0.39, 0.29) is 5.82 Å². The molecule has 21 heavy (non-hydrogen) atoms. The standard InChI is InChI=1S/C17H21FN2S/c1-2-20(12-15-6-4-10-21-15)17-13(5-3-7-16(17)18)11-19-14-8-9-14/h3-7,10,14,19H,2,8-9,11-12H2,1H3. The molecule has 0 unspecified atom stereocenters. The summed E-state index contributed by atoms with van der Waals surface area (Å²) in [7, 11) is 0. The summed E-state index contributed by atoms with van der Waals surface area (Å²) in [6, 6.07) is 10.2. The van der Waals surface area contributed by atoms with Crippen molar-refractivity contribution in [2.24, 2.45) is 0 Å². The Morgan fingerprint density at radius 2 is 2.14 bits per heavy atom. The van der Waals surface area contributed by atoms with E-state index in [2.05, 4.69) is 28.6 Å². The second-order valence-corrected chi connectivity index (χ2v) is 6.53. The molecule has 2 nitrogen and oxygen atoms in total. The smallest absolute Gasteiger partial charge is 0.146 e. The molecule has 0 radical (unpaired) electrons.